The number of ether oxygens (including phenoxy) is 5. The molecule has 9 nitrogen and oxygen atoms in total. The highest BCUT2D eigenvalue weighted by Crippen LogP contribution is 2.40. The summed E-state index contributed by atoms with van der Waals surface area (Å²) in [5.74, 6) is 1.44. The van der Waals surface area contributed by atoms with E-state index in [2.05, 4.69) is 10.6 Å². The predicted molar refractivity (Wildman–Crippen MR) is 146 cm³/mol. The van der Waals surface area contributed by atoms with Crippen LogP contribution in [0.2, 0.25) is 0 Å². The van der Waals surface area contributed by atoms with Crippen LogP contribution in [0.3, 0.4) is 0 Å². The van der Waals surface area contributed by atoms with Crippen molar-refractivity contribution in [1.82, 2.24) is 10.6 Å². The van der Waals surface area contributed by atoms with Crippen LogP contribution in [0.25, 0.3) is 0 Å². The number of carbonyl (C=O) groups excluding carboxylic acids is 1. The van der Waals surface area contributed by atoms with Gasteiger partial charge in [0.25, 0.3) is 6.29 Å². The Bertz CT molecular complexity index is 1280. The third-order valence-corrected chi connectivity index (χ3v) is 7.54. The molecule has 3 heterocycles. The summed E-state index contributed by atoms with van der Waals surface area (Å²) in [4.78, 5) is 12.8. The fraction of sp³-hybridized carbons (Fsp3) is 0.387. The van der Waals surface area contributed by atoms with E-state index >= 15 is 0 Å². The van der Waals surface area contributed by atoms with Crippen LogP contribution in [0.4, 0.5) is 4.79 Å². The molecule has 6 rings (SSSR count). The Morgan fingerprint density at radius 3 is 2.55 bits per heavy atom. The number of hydrogen-bond acceptors (Lipinski definition) is 8. The first-order valence-corrected chi connectivity index (χ1v) is 13.8. The van der Waals surface area contributed by atoms with Gasteiger partial charge in [0.05, 0.1) is 31.3 Å². The maximum Gasteiger partial charge on any atom is 0.407 e. The minimum Gasteiger partial charge on any atom is -0.447 e. The molecule has 40 heavy (non-hydrogen) atoms. The molecule has 0 radical (unpaired) electrons. The van der Waals surface area contributed by atoms with Crippen LogP contribution >= 0.6 is 0 Å². The summed E-state index contributed by atoms with van der Waals surface area (Å²) in [5.41, 5.74) is 2.95. The zero-order valence-electron chi connectivity index (χ0n) is 22.1. The quantitative estimate of drug-likeness (QED) is 0.353. The van der Waals surface area contributed by atoms with Gasteiger partial charge in [0.1, 0.15) is 6.10 Å². The highest BCUT2D eigenvalue weighted by molar-refractivity contribution is 5.68. The molecule has 0 aliphatic carbocycles. The molecular formula is C31H34N2O7. The van der Waals surface area contributed by atoms with Gasteiger partial charge in [-0.05, 0) is 36.1 Å². The van der Waals surface area contributed by atoms with Gasteiger partial charge in [-0.3, -0.25) is 0 Å². The Kier molecular flexibility index (Phi) is 8.15. The van der Waals surface area contributed by atoms with E-state index in [1.165, 1.54) is 0 Å². The number of aliphatic hydroxyl groups excluding tert-OH is 1. The first-order valence-electron chi connectivity index (χ1n) is 13.8. The lowest BCUT2D eigenvalue weighted by atomic mass is 10.0. The molecule has 1 amide bonds. The number of carbonyl (C=O) groups is 1. The topological polar surface area (TPSA) is 108 Å². The van der Waals surface area contributed by atoms with Gasteiger partial charge < -0.3 is 39.4 Å². The van der Waals surface area contributed by atoms with Gasteiger partial charge in [0.2, 0.25) is 0 Å². The molecule has 3 aliphatic rings. The van der Waals surface area contributed by atoms with E-state index in [4.69, 9.17) is 23.7 Å². The van der Waals surface area contributed by atoms with Crippen LogP contribution in [0.15, 0.2) is 78.9 Å². The average molecular weight is 547 g/mol. The molecular weight excluding hydrogens is 512 g/mol. The molecule has 3 aromatic rings. The van der Waals surface area contributed by atoms with E-state index in [9.17, 15) is 9.90 Å². The average Bonchev–Trinajstić information content (AvgIpc) is 3.71. The number of benzene rings is 3. The standard InChI is InChI=1S/C31H34N2O7/c34-25(18-32-17-21-11-12-26-27(16-21)39-29(38-26)22-9-5-2-6-10-22)24(15-20-7-3-1-4-8-20)33-31(35)40-28-19-37-30-23(28)13-14-36-30/h1-12,16,23-25,28-30,32,34H,13-15,17-19H2,(H,33,35). The molecule has 3 aliphatic heterocycles. The van der Waals surface area contributed by atoms with Gasteiger partial charge in [0.15, 0.2) is 17.8 Å². The second-order valence-corrected chi connectivity index (χ2v) is 10.4. The lowest BCUT2D eigenvalue weighted by Crippen LogP contribution is -2.49. The Morgan fingerprint density at radius 1 is 0.950 bits per heavy atom. The van der Waals surface area contributed by atoms with Crippen LogP contribution in [0.1, 0.15) is 29.4 Å². The predicted octanol–water partition coefficient (Wildman–Crippen LogP) is 3.71. The van der Waals surface area contributed by atoms with Gasteiger partial charge >= 0.3 is 6.09 Å². The number of amides is 1. The first kappa shape index (κ1) is 26.6. The van der Waals surface area contributed by atoms with Crippen molar-refractivity contribution in [3.63, 3.8) is 0 Å². The molecule has 0 bridgehead atoms. The number of alkyl carbamates (subject to hydrolysis) is 1. The minimum atomic E-state index is -0.855. The third-order valence-electron chi connectivity index (χ3n) is 7.54. The minimum absolute atomic E-state index is 0.0505. The highest BCUT2D eigenvalue weighted by atomic mass is 16.7. The van der Waals surface area contributed by atoms with Crippen LogP contribution in [0.5, 0.6) is 11.5 Å². The van der Waals surface area contributed by atoms with E-state index in [0.29, 0.717) is 37.7 Å². The second-order valence-electron chi connectivity index (χ2n) is 10.4. The van der Waals surface area contributed by atoms with E-state index in [0.717, 1.165) is 23.1 Å². The molecule has 0 aromatic heterocycles. The number of rotatable bonds is 10. The van der Waals surface area contributed by atoms with E-state index in [-0.39, 0.29) is 24.9 Å². The summed E-state index contributed by atoms with van der Waals surface area (Å²) >= 11 is 0. The molecule has 6 atom stereocenters. The summed E-state index contributed by atoms with van der Waals surface area (Å²) in [6.45, 7) is 1.70. The van der Waals surface area contributed by atoms with Gasteiger partial charge in [-0.15, -0.1) is 0 Å². The first-order chi connectivity index (χ1) is 19.6. The zero-order chi connectivity index (χ0) is 27.3. The van der Waals surface area contributed by atoms with Crippen molar-refractivity contribution in [2.75, 3.05) is 19.8 Å². The summed E-state index contributed by atoms with van der Waals surface area (Å²) in [7, 11) is 0. The molecule has 9 heteroatoms. The number of nitrogens with one attached hydrogen (secondary N) is 2. The maximum atomic E-state index is 12.8. The summed E-state index contributed by atoms with van der Waals surface area (Å²) < 4.78 is 28.7. The summed E-state index contributed by atoms with van der Waals surface area (Å²) in [6.07, 6.45) is -1.28. The van der Waals surface area contributed by atoms with Crippen molar-refractivity contribution in [2.45, 2.75) is 50.2 Å². The number of hydrogen-bond donors (Lipinski definition) is 3. The van der Waals surface area contributed by atoms with Gasteiger partial charge in [0, 0.05) is 18.7 Å². The fourth-order valence-electron chi connectivity index (χ4n) is 5.38. The lowest BCUT2D eigenvalue weighted by molar-refractivity contribution is -0.0907. The van der Waals surface area contributed by atoms with Crippen LogP contribution < -0.4 is 20.1 Å². The van der Waals surface area contributed by atoms with E-state index in [1.807, 2.05) is 78.9 Å². The van der Waals surface area contributed by atoms with Crippen LogP contribution in [-0.2, 0) is 27.2 Å². The van der Waals surface area contributed by atoms with Crippen molar-refractivity contribution in [1.29, 1.82) is 0 Å². The molecule has 3 aromatic carbocycles. The summed E-state index contributed by atoms with van der Waals surface area (Å²) in [5, 5.41) is 17.3. The van der Waals surface area contributed by atoms with Crippen molar-refractivity contribution in [2.24, 2.45) is 5.92 Å². The van der Waals surface area contributed by atoms with E-state index < -0.39 is 24.5 Å². The summed E-state index contributed by atoms with van der Waals surface area (Å²) in [6, 6.07) is 24.8. The molecule has 2 saturated heterocycles. The second kappa shape index (κ2) is 12.3. The van der Waals surface area contributed by atoms with Gasteiger partial charge in [-0.25, -0.2) is 4.79 Å². The number of fused-ring (bicyclic) bond motifs is 2. The lowest BCUT2D eigenvalue weighted by Gasteiger charge is -2.26. The van der Waals surface area contributed by atoms with Crippen molar-refractivity contribution >= 4 is 6.09 Å². The Hall–Kier alpha value is -3.63. The fourth-order valence-corrected chi connectivity index (χ4v) is 5.38. The Morgan fingerprint density at radius 2 is 1.73 bits per heavy atom. The maximum absolute atomic E-state index is 12.8. The third kappa shape index (κ3) is 6.23. The van der Waals surface area contributed by atoms with Gasteiger partial charge in [-0.1, -0.05) is 66.7 Å². The van der Waals surface area contributed by atoms with Crippen LogP contribution in [-0.4, -0.2) is 55.5 Å². The van der Waals surface area contributed by atoms with Crippen molar-refractivity contribution in [3.8, 4) is 11.5 Å². The molecule has 210 valence electrons. The Balaban J connectivity index is 1.04. The van der Waals surface area contributed by atoms with Crippen molar-refractivity contribution < 1.29 is 33.6 Å². The normalized spacial score (nSPS) is 24.3. The zero-order valence-corrected chi connectivity index (χ0v) is 22.1. The monoisotopic (exact) mass is 546 g/mol. The highest BCUT2D eigenvalue weighted by Gasteiger charge is 2.44. The smallest absolute Gasteiger partial charge is 0.407 e. The molecule has 0 spiro atoms. The Labute approximate surface area is 233 Å². The molecule has 2 fully saturated rings. The largest absolute Gasteiger partial charge is 0.447 e. The molecule has 3 N–H and O–H groups in total. The van der Waals surface area contributed by atoms with Gasteiger partial charge in [-0.2, -0.15) is 0 Å². The molecule has 6 unspecified atom stereocenters. The van der Waals surface area contributed by atoms with Crippen molar-refractivity contribution in [3.05, 3.63) is 95.6 Å². The number of aliphatic hydroxyl groups is 1. The van der Waals surface area contributed by atoms with Crippen LogP contribution in [0, 0.1) is 5.92 Å². The SMILES string of the molecule is O=C(NC(Cc1ccccc1)C(O)CNCc1ccc2c(c1)OC(c1ccccc1)O2)OC1COC2OCCC12. The molecule has 0 saturated carbocycles. The van der Waals surface area contributed by atoms with E-state index in [1.54, 1.807) is 0 Å².